The summed E-state index contributed by atoms with van der Waals surface area (Å²) in [5.41, 5.74) is -0.326. The molecule has 16 heavy (non-hydrogen) atoms. The molecule has 0 aliphatic heterocycles. The maximum Gasteiger partial charge on any atom is 0.212 e. The number of halogens is 2. The van der Waals surface area contributed by atoms with Gasteiger partial charge >= 0.3 is 0 Å². The number of aryl methyl sites for hydroxylation is 1. The van der Waals surface area contributed by atoms with Crippen LogP contribution in [0, 0.1) is 18.6 Å². The van der Waals surface area contributed by atoms with Gasteiger partial charge in [0.2, 0.25) is 5.78 Å². The third-order valence-corrected chi connectivity index (χ3v) is 2.76. The highest BCUT2D eigenvalue weighted by atomic mass is 32.1. The molecule has 82 valence electrons. The van der Waals surface area contributed by atoms with Crippen molar-refractivity contribution in [3.63, 3.8) is 0 Å². The van der Waals surface area contributed by atoms with E-state index in [1.807, 2.05) is 0 Å². The number of carbonyl (C=O) groups excluding carboxylic acids is 1. The molecular formula is C10H6F2N2OS. The molecule has 2 aromatic rings. The lowest BCUT2D eigenvalue weighted by atomic mass is 10.1. The average Bonchev–Trinajstić information content (AvgIpc) is 2.77. The van der Waals surface area contributed by atoms with E-state index in [0.717, 1.165) is 17.6 Å². The minimum absolute atomic E-state index is 0.114. The standard InChI is InChI=1S/C10H6F2N2OS/c1-5-2-3-6(11)8(9(5)12)10(15)7-4-13-14-16-7/h2-4H,1H3. The van der Waals surface area contributed by atoms with Crippen molar-refractivity contribution in [3.05, 3.63) is 46.0 Å². The second-order valence-corrected chi connectivity index (χ2v) is 3.95. The van der Waals surface area contributed by atoms with Crippen LogP contribution in [0.4, 0.5) is 8.78 Å². The maximum absolute atomic E-state index is 13.6. The fraction of sp³-hybridized carbons (Fsp3) is 0.100. The van der Waals surface area contributed by atoms with Crippen LogP contribution < -0.4 is 0 Å². The van der Waals surface area contributed by atoms with Gasteiger partial charge < -0.3 is 0 Å². The van der Waals surface area contributed by atoms with Crippen LogP contribution in [-0.4, -0.2) is 15.4 Å². The van der Waals surface area contributed by atoms with E-state index >= 15 is 0 Å². The van der Waals surface area contributed by atoms with E-state index in [1.165, 1.54) is 19.2 Å². The Morgan fingerprint density at radius 3 is 2.75 bits per heavy atom. The molecule has 0 amide bonds. The van der Waals surface area contributed by atoms with E-state index in [9.17, 15) is 13.6 Å². The number of hydrogen-bond donors (Lipinski definition) is 0. The summed E-state index contributed by atoms with van der Waals surface area (Å²) in [6, 6.07) is 2.35. The van der Waals surface area contributed by atoms with E-state index in [2.05, 4.69) is 9.59 Å². The Hall–Kier alpha value is -1.69. The fourth-order valence-electron chi connectivity index (χ4n) is 1.26. The first-order chi connectivity index (χ1) is 7.61. The van der Waals surface area contributed by atoms with Gasteiger partial charge in [0.15, 0.2) is 0 Å². The summed E-state index contributed by atoms with van der Waals surface area (Å²) in [6.07, 6.45) is 1.19. The largest absolute Gasteiger partial charge is 0.287 e. The van der Waals surface area contributed by atoms with Gasteiger partial charge in [-0.05, 0) is 30.1 Å². The summed E-state index contributed by atoms with van der Waals surface area (Å²) in [4.78, 5) is 11.9. The molecule has 0 atom stereocenters. The topological polar surface area (TPSA) is 42.9 Å². The van der Waals surface area contributed by atoms with Crippen molar-refractivity contribution < 1.29 is 13.6 Å². The molecule has 0 aliphatic carbocycles. The Morgan fingerprint density at radius 2 is 2.12 bits per heavy atom. The van der Waals surface area contributed by atoms with Crippen LogP contribution in [-0.2, 0) is 0 Å². The Bertz CT molecular complexity index is 540. The van der Waals surface area contributed by atoms with Gasteiger partial charge in [-0.3, -0.25) is 4.79 Å². The fourth-order valence-corrected chi connectivity index (χ4v) is 1.72. The molecule has 0 bridgehead atoms. The average molecular weight is 240 g/mol. The predicted molar refractivity (Wildman–Crippen MR) is 54.4 cm³/mol. The summed E-state index contributed by atoms with van der Waals surface area (Å²) in [5.74, 6) is -2.44. The van der Waals surface area contributed by atoms with Gasteiger partial charge in [0, 0.05) is 0 Å². The number of ketones is 1. The highest BCUT2D eigenvalue weighted by Gasteiger charge is 2.21. The molecule has 0 spiro atoms. The van der Waals surface area contributed by atoms with E-state index < -0.39 is 23.0 Å². The smallest absolute Gasteiger partial charge is 0.212 e. The zero-order valence-corrected chi connectivity index (χ0v) is 9.02. The molecule has 0 radical (unpaired) electrons. The molecule has 1 heterocycles. The quantitative estimate of drug-likeness (QED) is 0.757. The first-order valence-corrected chi connectivity index (χ1v) is 5.15. The Labute approximate surface area is 93.9 Å². The molecule has 6 heteroatoms. The molecule has 0 fully saturated rings. The lowest BCUT2D eigenvalue weighted by molar-refractivity contribution is 0.103. The van der Waals surface area contributed by atoms with Gasteiger partial charge in [0.1, 0.15) is 16.5 Å². The van der Waals surface area contributed by atoms with Gasteiger partial charge in [-0.1, -0.05) is 10.6 Å². The predicted octanol–water partition coefficient (Wildman–Crippen LogP) is 2.36. The van der Waals surface area contributed by atoms with E-state index in [0.29, 0.717) is 0 Å². The summed E-state index contributed by atoms with van der Waals surface area (Å²) in [7, 11) is 0. The van der Waals surface area contributed by atoms with Gasteiger partial charge in [-0.25, -0.2) is 8.78 Å². The summed E-state index contributed by atoms with van der Waals surface area (Å²) < 4.78 is 30.5. The summed E-state index contributed by atoms with van der Waals surface area (Å²) in [5, 5.41) is 3.45. The second-order valence-electron chi connectivity index (χ2n) is 3.16. The highest BCUT2D eigenvalue weighted by Crippen LogP contribution is 2.20. The maximum atomic E-state index is 13.6. The van der Waals surface area contributed by atoms with Crippen LogP contribution >= 0.6 is 11.5 Å². The van der Waals surface area contributed by atoms with Gasteiger partial charge in [-0.15, -0.1) is 5.10 Å². The van der Waals surface area contributed by atoms with Crippen LogP contribution in [0.25, 0.3) is 0 Å². The molecule has 3 nitrogen and oxygen atoms in total. The SMILES string of the molecule is Cc1ccc(F)c(C(=O)c2cnns2)c1F. The number of hydrogen-bond acceptors (Lipinski definition) is 4. The summed E-state index contributed by atoms with van der Waals surface area (Å²) >= 11 is 0.805. The Balaban J connectivity index is 2.56. The highest BCUT2D eigenvalue weighted by molar-refractivity contribution is 7.08. The molecule has 0 saturated carbocycles. The zero-order chi connectivity index (χ0) is 11.7. The summed E-state index contributed by atoms with van der Waals surface area (Å²) in [6.45, 7) is 1.47. The normalized spacial score (nSPS) is 10.4. The molecule has 0 aliphatic rings. The van der Waals surface area contributed by atoms with Gasteiger partial charge in [0.05, 0.1) is 11.8 Å². The third-order valence-electron chi connectivity index (χ3n) is 2.10. The van der Waals surface area contributed by atoms with Crippen LogP contribution in [0.5, 0.6) is 0 Å². The van der Waals surface area contributed by atoms with Crippen molar-refractivity contribution >= 4 is 17.3 Å². The van der Waals surface area contributed by atoms with Crippen molar-refractivity contribution in [3.8, 4) is 0 Å². The number of carbonyl (C=O) groups is 1. The van der Waals surface area contributed by atoms with Crippen LogP contribution in [0.2, 0.25) is 0 Å². The zero-order valence-electron chi connectivity index (χ0n) is 8.20. The second kappa shape index (κ2) is 4.05. The van der Waals surface area contributed by atoms with Crippen LogP contribution in [0.15, 0.2) is 18.3 Å². The van der Waals surface area contributed by atoms with E-state index in [-0.39, 0.29) is 10.4 Å². The Kier molecular flexibility index (Phi) is 2.74. The molecule has 0 unspecified atom stereocenters. The number of benzene rings is 1. The van der Waals surface area contributed by atoms with Crippen LogP contribution in [0.1, 0.15) is 20.8 Å². The van der Waals surface area contributed by atoms with Gasteiger partial charge in [0.25, 0.3) is 0 Å². The monoisotopic (exact) mass is 240 g/mol. The van der Waals surface area contributed by atoms with Crippen molar-refractivity contribution in [2.75, 3.05) is 0 Å². The van der Waals surface area contributed by atoms with E-state index in [4.69, 9.17) is 0 Å². The lowest BCUT2D eigenvalue weighted by Gasteiger charge is -2.04. The molecule has 0 N–H and O–H groups in total. The lowest BCUT2D eigenvalue weighted by Crippen LogP contribution is -2.07. The first-order valence-electron chi connectivity index (χ1n) is 4.38. The minimum Gasteiger partial charge on any atom is -0.287 e. The van der Waals surface area contributed by atoms with Crippen molar-refractivity contribution in [2.45, 2.75) is 6.92 Å². The van der Waals surface area contributed by atoms with Crippen molar-refractivity contribution in [1.29, 1.82) is 0 Å². The Morgan fingerprint density at radius 1 is 1.38 bits per heavy atom. The van der Waals surface area contributed by atoms with Gasteiger partial charge in [-0.2, -0.15) is 0 Å². The number of aromatic nitrogens is 2. The first kappa shape index (κ1) is 10.8. The molecule has 1 aromatic heterocycles. The molecular weight excluding hydrogens is 234 g/mol. The van der Waals surface area contributed by atoms with Crippen molar-refractivity contribution in [1.82, 2.24) is 9.59 Å². The number of nitrogens with zero attached hydrogens (tertiary/aromatic N) is 2. The molecule has 1 aromatic carbocycles. The minimum atomic E-state index is -0.874. The van der Waals surface area contributed by atoms with Crippen LogP contribution in [0.3, 0.4) is 0 Å². The third kappa shape index (κ3) is 1.71. The van der Waals surface area contributed by atoms with E-state index in [1.54, 1.807) is 0 Å². The molecule has 2 rings (SSSR count). The van der Waals surface area contributed by atoms with Crippen molar-refractivity contribution in [2.24, 2.45) is 0 Å². The molecule has 0 saturated heterocycles. The number of rotatable bonds is 2.